The molecular formula is C29H32N2O3. The average molecular weight is 457 g/mol. The number of likely N-dealkylation sites (tertiary alicyclic amines) is 1. The molecule has 5 heteroatoms. The standard InChI is InChI=1S/C29H32N2O3/c1-20-13-21(2)15-24(14-20)29(32)31-12-11-25(17-26(31)16-22-7-4-3-5-8-22)30-18-23-9-6-10-27-28(23)34-19-33-27/h3-10,13-15,25-26,30H,11-12,16-19H2,1-2H3/t25-,26+/m0/s1. The van der Waals surface area contributed by atoms with Crippen molar-refractivity contribution in [3.8, 4) is 11.5 Å². The maximum absolute atomic E-state index is 13.6. The first-order valence-corrected chi connectivity index (χ1v) is 12.1. The number of hydrogen-bond acceptors (Lipinski definition) is 4. The van der Waals surface area contributed by atoms with Crippen LogP contribution in [0.2, 0.25) is 0 Å². The van der Waals surface area contributed by atoms with Crippen LogP contribution in [0.25, 0.3) is 0 Å². The van der Waals surface area contributed by atoms with Gasteiger partial charge in [-0.05, 0) is 56.9 Å². The molecule has 1 amide bonds. The average Bonchev–Trinajstić information content (AvgIpc) is 3.32. The molecule has 176 valence electrons. The van der Waals surface area contributed by atoms with Crippen molar-refractivity contribution < 1.29 is 14.3 Å². The van der Waals surface area contributed by atoms with Crippen LogP contribution in [0.4, 0.5) is 0 Å². The van der Waals surface area contributed by atoms with E-state index < -0.39 is 0 Å². The zero-order valence-corrected chi connectivity index (χ0v) is 19.9. The molecule has 3 aromatic carbocycles. The fraction of sp³-hybridized carbons (Fsp3) is 0.345. The lowest BCUT2D eigenvalue weighted by atomic mass is 9.91. The summed E-state index contributed by atoms with van der Waals surface area (Å²) in [6.45, 7) is 5.85. The van der Waals surface area contributed by atoms with Gasteiger partial charge in [0.2, 0.25) is 6.79 Å². The van der Waals surface area contributed by atoms with Crippen molar-refractivity contribution in [2.24, 2.45) is 0 Å². The second-order valence-electron chi connectivity index (χ2n) is 9.47. The van der Waals surface area contributed by atoms with Crippen molar-refractivity contribution in [3.05, 3.63) is 94.5 Å². The van der Waals surface area contributed by atoms with Gasteiger partial charge in [0.05, 0.1) is 0 Å². The first-order valence-electron chi connectivity index (χ1n) is 12.1. The number of carbonyl (C=O) groups excluding carboxylic acids is 1. The quantitative estimate of drug-likeness (QED) is 0.565. The van der Waals surface area contributed by atoms with Crippen LogP contribution in [-0.4, -0.2) is 36.2 Å². The lowest BCUT2D eigenvalue weighted by molar-refractivity contribution is 0.0576. The summed E-state index contributed by atoms with van der Waals surface area (Å²) in [6.07, 6.45) is 2.69. The number of amides is 1. The van der Waals surface area contributed by atoms with E-state index in [0.29, 0.717) is 6.04 Å². The van der Waals surface area contributed by atoms with E-state index in [-0.39, 0.29) is 18.7 Å². The van der Waals surface area contributed by atoms with Gasteiger partial charge in [-0.25, -0.2) is 0 Å². The van der Waals surface area contributed by atoms with Crippen LogP contribution in [0.15, 0.2) is 66.7 Å². The van der Waals surface area contributed by atoms with E-state index >= 15 is 0 Å². The summed E-state index contributed by atoms with van der Waals surface area (Å²) < 4.78 is 11.2. The minimum Gasteiger partial charge on any atom is -0.454 e. The summed E-state index contributed by atoms with van der Waals surface area (Å²) in [5.74, 6) is 1.80. The van der Waals surface area contributed by atoms with Crippen molar-refractivity contribution in [2.75, 3.05) is 13.3 Å². The van der Waals surface area contributed by atoms with E-state index in [0.717, 1.165) is 66.1 Å². The van der Waals surface area contributed by atoms with Gasteiger partial charge in [0.1, 0.15) is 0 Å². The zero-order chi connectivity index (χ0) is 23.5. The van der Waals surface area contributed by atoms with Crippen LogP contribution in [0.3, 0.4) is 0 Å². The molecule has 0 spiro atoms. The molecule has 1 N–H and O–H groups in total. The first-order chi connectivity index (χ1) is 16.6. The van der Waals surface area contributed by atoms with E-state index in [2.05, 4.69) is 60.5 Å². The van der Waals surface area contributed by atoms with Crippen LogP contribution in [0.5, 0.6) is 11.5 Å². The van der Waals surface area contributed by atoms with Crippen molar-refractivity contribution in [1.82, 2.24) is 10.2 Å². The molecule has 0 unspecified atom stereocenters. The molecule has 3 aromatic rings. The number of nitrogens with zero attached hydrogens (tertiary/aromatic N) is 1. The van der Waals surface area contributed by atoms with Gasteiger partial charge < -0.3 is 19.7 Å². The van der Waals surface area contributed by atoms with Crippen LogP contribution in [0.1, 0.15) is 45.5 Å². The zero-order valence-electron chi connectivity index (χ0n) is 19.9. The highest BCUT2D eigenvalue weighted by atomic mass is 16.7. The van der Waals surface area contributed by atoms with Gasteiger partial charge in [-0.2, -0.15) is 0 Å². The lowest BCUT2D eigenvalue weighted by Gasteiger charge is -2.40. The Morgan fingerprint density at radius 1 is 1.00 bits per heavy atom. The van der Waals surface area contributed by atoms with Gasteiger partial charge in [-0.1, -0.05) is 59.7 Å². The number of aryl methyl sites for hydroxylation is 2. The van der Waals surface area contributed by atoms with Gasteiger partial charge in [-0.3, -0.25) is 4.79 Å². The Morgan fingerprint density at radius 2 is 1.79 bits per heavy atom. The molecule has 1 fully saturated rings. The van der Waals surface area contributed by atoms with Gasteiger partial charge >= 0.3 is 0 Å². The Hall–Kier alpha value is -3.31. The van der Waals surface area contributed by atoms with E-state index in [1.54, 1.807) is 0 Å². The summed E-state index contributed by atoms with van der Waals surface area (Å²) in [5.41, 5.74) is 5.42. The van der Waals surface area contributed by atoms with Crippen molar-refractivity contribution in [3.63, 3.8) is 0 Å². The van der Waals surface area contributed by atoms with Gasteiger partial charge in [0, 0.05) is 36.3 Å². The van der Waals surface area contributed by atoms with Crippen molar-refractivity contribution in [1.29, 1.82) is 0 Å². The molecule has 2 aliphatic heterocycles. The molecule has 2 atom stereocenters. The maximum atomic E-state index is 13.6. The van der Waals surface area contributed by atoms with E-state index in [1.165, 1.54) is 5.56 Å². The molecule has 2 aliphatic rings. The van der Waals surface area contributed by atoms with Crippen LogP contribution < -0.4 is 14.8 Å². The van der Waals surface area contributed by atoms with Gasteiger partial charge in [0.15, 0.2) is 11.5 Å². The number of para-hydroxylation sites is 1. The van der Waals surface area contributed by atoms with Gasteiger partial charge in [-0.15, -0.1) is 0 Å². The smallest absolute Gasteiger partial charge is 0.254 e. The highest BCUT2D eigenvalue weighted by Gasteiger charge is 2.32. The number of carbonyl (C=O) groups is 1. The predicted octanol–water partition coefficient (Wildman–Crippen LogP) is 5.04. The monoisotopic (exact) mass is 456 g/mol. The summed E-state index contributed by atoms with van der Waals surface area (Å²) in [5, 5.41) is 3.73. The Morgan fingerprint density at radius 3 is 2.59 bits per heavy atom. The molecule has 0 aliphatic carbocycles. The SMILES string of the molecule is Cc1cc(C)cc(C(=O)N2CC[C@H](NCc3cccc4c3OCO4)C[C@H]2Cc2ccccc2)c1. The summed E-state index contributed by atoms with van der Waals surface area (Å²) >= 11 is 0. The molecule has 5 nitrogen and oxygen atoms in total. The minimum absolute atomic E-state index is 0.137. The third-order valence-electron chi connectivity index (χ3n) is 6.82. The largest absolute Gasteiger partial charge is 0.454 e. The summed E-state index contributed by atoms with van der Waals surface area (Å²) in [6, 6.07) is 23.1. The number of fused-ring (bicyclic) bond motifs is 1. The second kappa shape index (κ2) is 9.90. The lowest BCUT2D eigenvalue weighted by Crippen LogP contribution is -2.51. The second-order valence-corrected chi connectivity index (χ2v) is 9.47. The normalized spacial score (nSPS) is 19.3. The summed E-state index contributed by atoms with van der Waals surface area (Å²) in [7, 11) is 0. The number of nitrogens with one attached hydrogen (secondary N) is 1. The third kappa shape index (κ3) is 4.95. The number of hydrogen-bond donors (Lipinski definition) is 1. The Balaban J connectivity index is 1.32. The minimum atomic E-state index is 0.137. The molecule has 0 saturated carbocycles. The van der Waals surface area contributed by atoms with Crippen molar-refractivity contribution in [2.45, 2.75) is 51.7 Å². The summed E-state index contributed by atoms with van der Waals surface area (Å²) in [4.78, 5) is 15.7. The highest BCUT2D eigenvalue weighted by Crippen LogP contribution is 2.35. The van der Waals surface area contributed by atoms with E-state index in [4.69, 9.17) is 9.47 Å². The molecular weight excluding hydrogens is 424 g/mol. The Labute approximate surface area is 201 Å². The van der Waals surface area contributed by atoms with Crippen LogP contribution in [0, 0.1) is 13.8 Å². The molecule has 2 heterocycles. The third-order valence-corrected chi connectivity index (χ3v) is 6.82. The fourth-order valence-electron chi connectivity index (χ4n) is 5.23. The molecule has 0 aromatic heterocycles. The van der Waals surface area contributed by atoms with Gasteiger partial charge in [0.25, 0.3) is 5.91 Å². The van der Waals surface area contributed by atoms with Crippen LogP contribution in [-0.2, 0) is 13.0 Å². The Bertz CT molecular complexity index is 1140. The highest BCUT2D eigenvalue weighted by molar-refractivity contribution is 5.95. The molecule has 0 bridgehead atoms. The molecule has 34 heavy (non-hydrogen) atoms. The van der Waals surface area contributed by atoms with Crippen LogP contribution >= 0.6 is 0 Å². The number of ether oxygens (including phenoxy) is 2. The number of rotatable bonds is 6. The number of piperidine rings is 1. The first kappa shape index (κ1) is 22.5. The fourth-order valence-corrected chi connectivity index (χ4v) is 5.23. The van der Waals surface area contributed by atoms with Crippen molar-refractivity contribution >= 4 is 5.91 Å². The molecule has 0 radical (unpaired) electrons. The van der Waals surface area contributed by atoms with E-state index in [1.807, 2.05) is 30.3 Å². The number of benzene rings is 3. The molecule has 1 saturated heterocycles. The molecule has 5 rings (SSSR count). The maximum Gasteiger partial charge on any atom is 0.254 e. The topological polar surface area (TPSA) is 50.8 Å². The predicted molar refractivity (Wildman–Crippen MR) is 133 cm³/mol. The Kier molecular flexibility index (Phi) is 6.54. The van der Waals surface area contributed by atoms with E-state index in [9.17, 15) is 4.79 Å².